The number of rotatable bonds is 4. The number of anilines is 1. The van der Waals surface area contributed by atoms with Gasteiger partial charge in [0.15, 0.2) is 0 Å². The molecule has 2 N–H and O–H groups in total. The fourth-order valence-corrected chi connectivity index (χ4v) is 1.64. The molecule has 0 atom stereocenters. The largest absolute Gasteiger partial charge is 0.360 e. The molecule has 0 saturated carbocycles. The third-order valence-corrected chi connectivity index (χ3v) is 2.95. The highest BCUT2D eigenvalue weighted by molar-refractivity contribution is 5.74. The molecule has 0 bridgehead atoms. The Bertz CT molecular complexity index is 729. The van der Waals surface area contributed by atoms with Gasteiger partial charge in [-0.25, -0.2) is 0 Å². The molecule has 2 rings (SSSR count). The number of nitrogens with one attached hydrogen (secondary N) is 2. The van der Waals surface area contributed by atoms with Crippen LogP contribution in [0.15, 0.2) is 30.5 Å². The predicted octanol–water partition coefficient (Wildman–Crippen LogP) is 1.98. The Kier molecular flexibility index (Phi) is 3.96. The zero-order valence-corrected chi connectivity index (χ0v) is 11.6. The van der Waals surface area contributed by atoms with Crippen LogP contribution < -0.4 is 5.32 Å². The first-order chi connectivity index (χ1) is 10.1. The van der Waals surface area contributed by atoms with Gasteiger partial charge in [-0.2, -0.15) is 15.7 Å². The molecule has 104 valence electrons. The first kappa shape index (κ1) is 14.2. The fraction of sp³-hybridized carbons (Fsp3) is 0.214. The van der Waals surface area contributed by atoms with Crippen molar-refractivity contribution in [3.63, 3.8) is 0 Å². The van der Waals surface area contributed by atoms with E-state index in [0.717, 1.165) is 11.3 Å². The maximum absolute atomic E-state index is 9.17. The van der Waals surface area contributed by atoms with Gasteiger partial charge in [0.05, 0.1) is 11.5 Å². The summed E-state index contributed by atoms with van der Waals surface area (Å²) in [6.07, 6.45) is 1.50. The summed E-state index contributed by atoms with van der Waals surface area (Å²) < 4.78 is 0. The second-order valence-corrected chi connectivity index (χ2v) is 4.87. The summed E-state index contributed by atoms with van der Waals surface area (Å²) in [5.41, 5.74) is 1.34. The first-order valence-electron chi connectivity index (χ1n) is 6.19. The van der Waals surface area contributed by atoms with Crippen LogP contribution in [0.2, 0.25) is 0 Å². The van der Waals surface area contributed by atoms with E-state index in [4.69, 9.17) is 10.5 Å². The van der Waals surface area contributed by atoms with E-state index in [1.807, 2.05) is 44.2 Å². The number of allylic oxidation sites excluding steroid dienone is 1. The van der Waals surface area contributed by atoms with E-state index < -0.39 is 5.41 Å². The smallest absolute Gasteiger partial charge is 0.216 e. The number of hydrogen-bond acceptors (Lipinski definition) is 6. The summed E-state index contributed by atoms with van der Waals surface area (Å²) in [6.45, 7) is 3.70. The Labute approximate surface area is 121 Å². The van der Waals surface area contributed by atoms with Gasteiger partial charge in [-0.3, -0.25) is 0 Å². The van der Waals surface area contributed by atoms with Gasteiger partial charge in [-0.05, 0) is 36.8 Å². The Morgan fingerprint density at radius 1 is 1.38 bits per heavy atom. The molecule has 0 aliphatic heterocycles. The van der Waals surface area contributed by atoms with Crippen molar-refractivity contribution in [1.82, 2.24) is 20.6 Å². The molecular weight excluding hydrogens is 266 g/mol. The van der Waals surface area contributed by atoms with E-state index in [1.165, 1.54) is 6.20 Å². The fourth-order valence-electron chi connectivity index (χ4n) is 1.64. The van der Waals surface area contributed by atoms with E-state index in [-0.39, 0.29) is 11.4 Å². The first-order valence-corrected chi connectivity index (χ1v) is 6.19. The summed E-state index contributed by atoms with van der Waals surface area (Å²) in [5, 5.41) is 34.4. The Balaban J connectivity index is 2.24. The molecule has 0 aliphatic carbocycles. The lowest BCUT2D eigenvalue weighted by Crippen LogP contribution is -2.13. The minimum atomic E-state index is -0.576. The quantitative estimate of drug-likeness (QED) is 0.827. The monoisotopic (exact) mass is 279 g/mol. The van der Waals surface area contributed by atoms with Gasteiger partial charge in [0.2, 0.25) is 5.82 Å². The highest BCUT2D eigenvalue weighted by Crippen LogP contribution is 2.24. The molecule has 0 saturated heterocycles. The average Bonchev–Trinajstić information content (AvgIpc) is 3.02. The number of tetrazole rings is 1. The molecule has 2 aromatic rings. The van der Waals surface area contributed by atoms with Gasteiger partial charge in [-0.15, -0.1) is 10.2 Å². The summed E-state index contributed by atoms with van der Waals surface area (Å²) in [5.74, 6) is 0.221. The minimum absolute atomic E-state index is 0.221. The average molecular weight is 279 g/mol. The van der Waals surface area contributed by atoms with E-state index in [0.29, 0.717) is 0 Å². The van der Waals surface area contributed by atoms with E-state index >= 15 is 0 Å². The van der Waals surface area contributed by atoms with Crippen LogP contribution in [0.25, 0.3) is 5.57 Å². The normalized spacial score (nSPS) is 11.5. The minimum Gasteiger partial charge on any atom is -0.360 e. The topological polar surface area (TPSA) is 114 Å². The van der Waals surface area contributed by atoms with Crippen LogP contribution in [0.3, 0.4) is 0 Å². The number of nitrogens with zero attached hydrogens (tertiary/aromatic N) is 5. The molecular formula is C14H13N7. The summed E-state index contributed by atoms with van der Waals surface area (Å²) >= 11 is 0. The van der Waals surface area contributed by atoms with Crippen LogP contribution >= 0.6 is 0 Å². The maximum atomic E-state index is 9.17. The molecule has 1 aromatic heterocycles. The third-order valence-electron chi connectivity index (χ3n) is 2.95. The van der Waals surface area contributed by atoms with Gasteiger partial charge >= 0.3 is 0 Å². The van der Waals surface area contributed by atoms with Gasteiger partial charge in [-0.1, -0.05) is 12.1 Å². The number of H-pyrrole nitrogens is 1. The summed E-state index contributed by atoms with van der Waals surface area (Å²) in [6, 6.07) is 11.7. The van der Waals surface area contributed by atoms with Crippen molar-refractivity contribution in [2.24, 2.45) is 0 Å². The standard InChI is InChI=1S/C14H13N7/c1-14(2,9-16)11-4-3-5-12(6-11)17-8-10(7-15)13-18-20-21-19-13/h3-6,8,17H,1-2H3,(H,18,19,20,21). The second kappa shape index (κ2) is 5.85. The Morgan fingerprint density at radius 3 is 2.81 bits per heavy atom. The van der Waals surface area contributed by atoms with Crippen molar-refractivity contribution in [1.29, 1.82) is 10.5 Å². The van der Waals surface area contributed by atoms with Crippen molar-refractivity contribution in [3.8, 4) is 12.1 Å². The highest BCUT2D eigenvalue weighted by atomic mass is 15.5. The number of hydrogen-bond donors (Lipinski definition) is 2. The number of nitriles is 2. The molecule has 0 radical (unpaired) electrons. The molecule has 0 aliphatic rings. The van der Waals surface area contributed by atoms with Gasteiger partial charge < -0.3 is 5.32 Å². The Morgan fingerprint density at radius 2 is 2.19 bits per heavy atom. The van der Waals surface area contributed by atoms with Crippen LogP contribution in [0.5, 0.6) is 0 Å². The van der Waals surface area contributed by atoms with Crippen molar-refractivity contribution >= 4 is 11.3 Å². The molecule has 21 heavy (non-hydrogen) atoms. The number of benzene rings is 1. The van der Waals surface area contributed by atoms with Crippen LogP contribution in [0.1, 0.15) is 25.2 Å². The lowest BCUT2D eigenvalue weighted by molar-refractivity contribution is 0.687. The van der Waals surface area contributed by atoms with Gasteiger partial charge in [0.1, 0.15) is 11.6 Å². The molecule has 1 aromatic carbocycles. The summed E-state index contributed by atoms with van der Waals surface area (Å²) in [4.78, 5) is 0. The van der Waals surface area contributed by atoms with Crippen LogP contribution in [-0.4, -0.2) is 20.6 Å². The van der Waals surface area contributed by atoms with Crippen molar-refractivity contribution in [3.05, 3.63) is 41.9 Å². The number of aromatic nitrogens is 4. The molecule has 0 spiro atoms. The zero-order chi connectivity index (χ0) is 15.3. The molecule has 0 unspecified atom stereocenters. The third kappa shape index (κ3) is 3.23. The molecule has 1 heterocycles. The molecule has 0 fully saturated rings. The lowest BCUT2D eigenvalue weighted by atomic mass is 9.86. The van der Waals surface area contributed by atoms with Gasteiger partial charge in [0.25, 0.3) is 0 Å². The van der Waals surface area contributed by atoms with E-state index in [9.17, 15) is 0 Å². The maximum Gasteiger partial charge on any atom is 0.216 e. The van der Waals surface area contributed by atoms with E-state index in [2.05, 4.69) is 32.0 Å². The number of aromatic amines is 1. The van der Waals surface area contributed by atoms with Crippen molar-refractivity contribution in [2.75, 3.05) is 5.32 Å². The zero-order valence-electron chi connectivity index (χ0n) is 11.6. The second-order valence-electron chi connectivity index (χ2n) is 4.87. The lowest BCUT2D eigenvalue weighted by Gasteiger charge is -2.16. The predicted molar refractivity (Wildman–Crippen MR) is 76.5 cm³/mol. The van der Waals surface area contributed by atoms with Crippen LogP contribution in [0.4, 0.5) is 5.69 Å². The van der Waals surface area contributed by atoms with Crippen molar-refractivity contribution in [2.45, 2.75) is 19.3 Å². The SMILES string of the molecule is CC(C)(C#N)c1cccc(NC=C(C#N)c2nn[nH]n2)c1. The van der Waals surface area contributed by atoms with Crippen LogP contribution in [0, 0.1) is 22.7 Å². The highest BCUT2D eigenvalue weighted by Gasteiger charge is 2.19. The van der Waals surface area contributed by atoms with Gasteiger partial charge in [0, 0.05) is 11.9 Å². The molecule has 7 heteroatoms. The molecule has 7 nitrogen and oxygen atoms in total. The molecule has 0 amide bonds. The van der Waals surface area contributed by atoms with Crippen LogP contribution in [-0.2, 0) is 5.41 Å². The Hall–Kier alpha value is -3.19. The van der Waals surface area contributed by atoms with E-state index in [1.54, 1.807) is 0 Å². The summed E-state index contributed by atoms with van der Waals surface area (Å²) in [7, 11) is 0. The van der Waals surface area contributed by atoms with Crippen molar-refractivity contribution < 1.29 is 0 Å².